The van der Waals surface area contributed by atoms with E-state index in [2.05, 4.69) is 47.2 Å². The number of halogens is 2. The summed E-state index contributed by atoms with van der Waals surface area (Å²) in [6, 6.07) is 4.83. The summed E-state index contributed by atoms with van der Waals surface area (Å²) in [6.07, 6.45) is 6.18. The normalized spacial score (nSPS) is 11.6. The Labute approximate surface area is 118 Å². The van der Waals surface area contributed by atoms with Gasteiger partial charge in [-0.1, -0.05) is 48.0 Å². The molecule has 0 amide bonds. The first-order valence-corrected chi connectivity index (χ1v) is 7.18. The van der Waals surface area contributed by atoms with E-state index in [4.69, 9.17) is 0 Å². The van der Waals surface area contributed by atoms with E-state index in [1.807, 2.05) is 6.07 Å². The third kappa shape index (κ3) is 6.31. The van der Waals surface area contributed by atoms with Gasteiger partial charge < -0.3 is 5.32 Å². The Morgan fingerprint density at radius 1 is 1.33 bits per heavy atom. The van der Waals surface area contributed by atoms with Gasteiger partial charge in [0.1, 0.15) is 5.82 Å². The first-order valence-electron chi connectivity index (χ1n) is 6.39. The maximum Gasteiger partial charge on any atom is 0.124 e. The van der Waals surface area contributed by atoms with Crippen LogP contribution in [0.1, 0.15) is 25.8 Å². The Hall–Kier alpha value is -0.670. The molecule has 1 aromatic carbocycles. The zero-order chi connectivity index (χ0) is 13.4. The maximum atomic E-state index is 12.9. The predicted molar refractivity (Wildman–Crippen MR) is 79.3 cm³/mol. The van der Waals surface area contributed by atoms with Gasteiger partial charge in [0, 0.05) is 4.47 Å². The lowest BCUT2D eigenvalue weighted by atomic mass is 10.1. The molecule has 0 saturated heterocycles. The van der Waals surface area contributed by atoms with Gasteiger partial charge in [0.15, 0.2) is 0 Å². The largest absolute Gasteiger partial charge is 0.316 e. The van der Waals surface area contributed by atoms with Crippen LogP contribution >= 0.6 is 15.9 Å². The van der Waals surface area contributed by atoms with Crippen LogP contribution in [0.3, 0.4) is 0 Å². The van der Waals surface area contributed by atoms with Crippen LogP contribution in [0.2, 0.25) is 0 Å². The molecule has 0 aromatic heterocycles. The number of hydrogen-bond donors (Lipinski definition) is 1. The molecule has 0 radical (unpaired) electrons. The highest BCUT2D eigenvalue weighted by molar-refractivity contribution is 9.10. The second-order valence-electron chi connectivity index (χ2n) is 4.80. The third-order valence-corrected chi connectivity index (χ3v) is 3.30. The van der Waals surface area contributed by atoms with Crippen molar-refractivity contribution in [3.8, 4) is 0 Å². The van der Waals surface area contributed by atoms with E-state index in [1.54, 1.807) is 0 Å². The standard InChI is InChI=1S/C15H21BrFN/c1-12(2)11-18-9-5-3-4-6-13-7-8-14(17)10-15(13)16/h3-4,7-8,10,12,18H,5-6,9,11H2,1-2H3. The molecule has 0 aliphatic heterocycles. The van der Waals surface area contributed by atoms with Gasteiger partial charge in [-0.05, 0) is 49.5 Å². The van der Waals surface area contributed by atoms with Crippen molar-refractivity contribution in [3.05, 3.63) is 46.2 Å². The fraction of sp³-hybridized carbons (Fsp3) is 0.467. The van der Waals surface area contributed by atoms with Crippen LogP contribution in [0, 0.1) is 11.7 Å². The molecular formula is C15H21BrFN. The quantitative estimate of drug-likeness (QED) is 0.584. The lowest BCUT2D eigenvalue weighted by molar-refractivity contribution is 0.556. The number of benzene rings is 1. The van der Waals surface area contributed by atoms with Gasteiger partial charge in [-0.2, -0.15) is 0 Å². The summed E-state index contributed by atoms with van der Waals surface area (Å²) < 4.78 is 13.7. The number of nitrogens with one attached hydrogen (secondary N) is 1. The molecule has 1 rings (SSSR count). The summed E-state index contributed by atoms with van der Waals surface area (Å²) in [5, 5.41) is 3.39. The predicted octanol–water partition coefficient (Wildman–Crippen LogP) is 4.32. The summed E-state index contributed by atoms with van der Waals surface area (Å²) in [6.45, 7) is 6.49. The Morgan fingerprint density at radius 2 is 2.11 bits per heavy atom. The van der Waals surface area contributed by atoms with Gasteiger partial charge in [0.2, 0.25) is 0 Å². The van der Waals surface area contributed by atoms with Crippen molar-refractivity contribution < 1.29 is 4.39 Å². The van der Waals surface area contributed by atoms with Crippen LogP contribution in [0.15, 0.2) is 34.8 Å². The minimum atomic E-state index is -0.201. The van der Waals surface area contributed by atoms with Crippen molar-refractivity contribution in [2.24, 2.45) is 5.92 Å². The molecule has 1 N–H and O–H groups in total. The van der Waals surface area contributed by atoms with E-state index in [-0.39, 0.29) is 5.82 Å². The van der Waals surface area contributed by atoms with Crippen molar-refractivity contribution in [2.75, 3.05) is 13.1 Å². The molecule has 1 nitrogen and oxygen atoms in total. The van der Waals surface area contributed by atoms with Gasteiger partial charge in [-0.25, -0.2) is 4.39 Å². The first-order chi connectivity index (χ1) is 8.59. The summed E-state index contributed by atoms with van der Waals surface area (Å²) >= 11 is 3.37. The number of allylic oxidation sites excluding steroid dienone is 1. The van der Waals surface area contributed by atoms with Crippen LogP contribution in [0.25, 0.3) is 0 Å². The maximum absolute atomic E-state index is 12.9. The number of rotatable bonds is 7. The summed E-state index contributed by atoms with van der Waals surface area (Å²) in [7, 11) is 0. The van der Waals surface area contributed by atoms with E-state index in [9.17, 15) is 4.39 Å². The molecule has 0 saturated carbocycles. The zero-order valence-electron chi connectivity index (χ0n) is 11.0. The van der Waals surface area contributed by atoms with Gasteiger partial charge in [0.05, 0.1) is 0 Å². The monoisotopic (exact) mass is 313 g/mol. The minimum absolute atomic E-state index is 0.201. The van der Waals surface area contributed by atoms with Crippen molar-refractivity contribution in [2.45, 2.75) is 26.7 Å². The average Bonchev–Trinajstić information content (AvgIpc) is 2.30. The van der Waals surface area contributed by atoms with Crippen LogP contribution in [0.4, 0.5) is 4.39 Å². The van der Waals surface area contributed by atoms with Crippen molar-refractivity contribution in [1.29, 1.82) is 0 Å². The van der Waals surface area contributed by atoms with Gasteiger partial charge in [0.25, 0.3) is 0 Å². The van der Waals surface area contributed by atoms with Crippen LogP contribution in [0.5, 0.6) is 0 Å². The molecule has 0 aliphatic rings. The summed E-state index contributed by atoms with van der Waals surface area (Å²) in [4.78, 5) is 0. The molecule has 0 atom stereocenters. The molecule has 3 heteroatoms. The minimum Gasteiger partial charge on any atom is -0.316 e. The second kappa shape index (κ2) is 8.44. The Balaban J connectivity index is 2.24. The van der Waals surface area contributed by atoms with E-state index < -0.39 is 0 Å². The molecule has 0 fully saturated rings. The molecule has 0 bridgehead atoms. The molecule has 18 heavy (non-hydrogen) atoms. The van der Waals surface area contributed by atoms with E-state index in [0.29, 0.717) is 5.92 Å². The van der Waals surface area contributed by atoms with Gasteiger partial charge in [-0.15, -0.1) is 0 Å². The summed E-state index contributed by atoms with van der Waals surface area (Å²) in [5.74, 6) is 0.497. The van der Waals surface area contributed by atoms with Crippen LogP contribution in [-0.2, 0) is 6.42 Å². The SMILES string of the molecule is CC(C)CNCCC=CCc1ccc(F)cc1Br. The molecule has 0 spiro atoms. The van der Waals surface area contributed by atoms with Crippen molar-refractivity contribution in [3.63, 3.8) is 0 Å². The lowest BCUT2D eigenvalue weighted by Gasteiger charge is -2.05. The molecule has 0 aliphatic carbocycles. The fourth-order valence-corrected chi connectivity index (χ4v) is 2.10. The Bertz CT molecular complexity index is 388. The van der Waals surface area contributed by atoms with Crippen molar-refractivity contribution in [1.82, 2.24) is 5.32 Å². The molecule has 1 aromatic rings. The number of hydrogen-bond acceptors (Lipinski definition) is 1. The average molecular weight is 314 g/mol. The van der Waals surface area contributed by atoms with Crippen molar-refractivity contribution >= 4 is 15.9 Å². The Morgan fingerprint density at radius 3 is 2.78 bits per heavy atom. The lowest BCUT2D eigenvalue weighted by Crippen LogP contribution is -2.20. The molecular weight excluding hydrogens is 293 g/mol. The topological polar surface area (TPSA) is 12.0 Å². The molecule has 0 unspecified atom stereocenters. The van der Waals surface area contributed by atoms with E-state index >= 15 is 0 Å². The van der Waals surface area contributed by atoms with Crippen LogP contribution in [-0.4, -0.2) is 13.1 Å². The highest BCUT2D eigenvalue weighted by atomic mass is 79.9. The van der Waals surface area contributed by atoms with E-state index in [1.165, 1.54) is 12.1 Å². The second-order valence-corrected chi connectivity index (χ2v) is 5.65. The first kappa shape index (κ1) is 15.4. The highest BCUT2D eigenvalue weighted by Gasteiger charge is 1.99. The van der Waals surface area contributed by atoms with Gasteiger partial charge in [-0.3, -0.25) is 0 Å². The highest BCUT2D eigenvalue weighted by Crippen LogP contribution is 2.18. The van der Waals surface area contributed by atoms with Crippen LogP contribution < -0.4 is 5.32 Å². The summed E-state index contributed by atoms with van der Waals surface area (Å²) in [5.41, 5.74) is 1.11. The third-order valence-electron chi connectivity index (χ3n) is 2.56. The smallest absolute Gasteiger partial charge is 0.124 e. The van der Waals surface area contributed by atoms with Gasteiger partial charge >= 0.3 is 0 Å². The Kier molecular flexibility index (Phi) is 7.21. The van der Waals surface area contributed by atoms with E-state index in [0.717, 1.165) is 36.0 Å². The fourth-order valence-electron chi connectivity index (χ4n) is 1.59. The molecule has 100 valence electrons. The zero-order valence-corrected chi connectivity index (χ0v) is 12.6. The molecule has 0 heterocycles.